The normalized spacial score (nSPS) is 13.8. The second kappa shape index (κ2) is 70.1. The molecule has 0 radical (unpaired) electrons. The van der Waals surface area contributed by atoms with Gasteiger partial charge in [0.2, 0.25) is 0 Å². The van der Waals surface area contributed by atoms with E-state index in [0.717, 1.165) is 77.0 Å². The highest BCUT2D eigenvalue weighted by molar-refractivity contribution is 7.99. The molecule has 0 aromatic rings. The molecule has 2 unspecified atom stereocenters. The maximum absolute atomic E-state index is 12.9. The molecule has 0 fully saturated rings. The van der Waals surface area contributed by atoms with Crippen molar-refractivity contribution >= 4 is 51.3 Å². The number of rotatable bonds is 80. The lowest BCUT2D eigenvalue weighted by atomic mass is 10.0. The van der Waals surface area contributed by atoms with Crippen molar-refractivity contribution in [3.05, 3.63) is 0 Å². The summed E-state index contributed by atoms with van der Waals surface area (Å²) in [6, 6.07) is 0. The molecule has 0 saturated carbocycles. The van der Waals surface area contributed by atoms with E-state index in [4.69, 9.17) is 37.0 Å². The Morgan fingerprint density at radius 1 is 0.297 bits per heavy atom. The number of nitrogens with zero attached hydrogens (tertiary/aromatic N) is 2. The lowest BCUT2D eigenvalue weighted by molar-refractivity contribution is -0.870. The topological polar surface area (TPSA) is 217 Å². The quantitative estimate of drug-likeness (QED) is 0.0190. The van der Waals surface area contributed by atoms with Crippen LogP contribution in [0.25, 0.3) is 0 Å². The number of thioether (sulfide) groups is 1. The van der Waals surface area contributed by atoms with Gasteiger partial charge in [0, 0.05) is 25.7 Å². The first kappa shape index (κ1) is 99.4. The van der Waals surface area contributed by atoms with Crippen LogP contribution in [-0.2, 0) is 65.4 Å². The van der Waals surface area contributed by atoms with Crippen molar-refractivity contribution in [1.82, 2.24) is 0 Å². The number of esters is 4. The van der Waals surface area contributed by atoms with Gasteiger partial charge in [-0.1, -0.05) is 309 Å². The predicted molar refractivity (Wildman–Crippen MR) is 418 cm³/mol. The highest BCUT2D eigenvalue weighted by atomic mass is 32.2. The molecule has 0 aliphatic carbocycles. The van der Waals surface area contributed by atoms with Gasteiger partial charge in [-0.15, -0.1) is 0 Å². The number of unbranched alkanes of at least 4 members (excludes halogenated alkanes) is 48. The zero-order valence-corrected chi connectivity index (χ0v) is 69.2. The van der Waals surface area contributed by atoms with Crippen LogP contribution in [-0.4, -0.2) is 161 Å². The summed E-state index contributed by atoms with van der Waals surface area (Å²) in [5.74, 6) is 0.945. The van der Waals surface area contributed by atoms with Gasteiger partial charge < -0.3 is 37.7 Å². The Hall–Kier alpha value is -1.63. The third kappa shape index (κ3) is 77.8. The Morgan fingerprint density at radius 2 is 0.505 bits per heavy atom. The van der Waals surface area contributed by atoms with Crippen molar-refractivity contribution < 1.29 is 84.1 Å². The number of phosphoric acid groups is 2. The Morgan fingerprint density at radius 3 is 0.733 bits per heavy atom. The smallest absolute Gasteiger partial charge is 0.462 e. The summed E-state index contributed by atoms with van der Waals surface area (Å²) >= 11 is 2.13. The Kier molecular flexibility index (Phi) is 68.9. The molecule has 18 nitrogen and oxygen atoms in total. The van der Waals surface area contributed by atoms with Gasteiger partial charge in [0.1, 0.15) is 39.5 Å². The van der Waals surface area contributed by atoms with Gasteiger partial charge in [0.05, 0.1) is 55.5 Å². The Labute approximate surface area is 624 Å². The molecule has 101 heavy (non-hydrogen) atoms. The average molecular weight is 1500 g/mol. The van der Waals surface area contributed by atoms with Gasteiger partial charge in [0.15, 0.2) is 12.2 Å². The highest BCUT2D eigenvalue weighted by Crippen LogP contribution is 2.44. The van der Waals surface area contributed by atoms with Crippen molar-refractivity contribution in [3.63, 3.8) is 0 Å². The molecule has 0 aliphatic heterocycles. The minimum Gasteiger partial charge on any atom is -0.462 e. The van der Waals surface area contributed by atoms with Crippen LogP contribution in [0.4, 0.5) is 0 Å². The van der Waals surface area contributed by atoms with E-state index in [2.05, 4.69) is 25.6 Å². The fourth-order valence-corrected chi connectivity index (χ4v) is 14.5. The van der Waals surface area contributed by atoms with Crippen LogP contribution < -0.4 is 0 Å². The van der Waals surface area contributed by atoms with E-state index in [-0.39, 0.29) is 64.0 Å². The molecule has 21 heteroatoms. The number of carbonyl (C=O) groups is 4. The van der Waals surface area contributed by atoms with Crippen molar-refractivity contribution in [1.29, 1.82) is 0 Å². The van der Waals surface area contributed by atoms with Crippen LogP contribution in [0.1, 0.15) is 373 Å². The minimum absolute atomic E-state index is 0.0217. The summed E-state index contributed by atoms with van der Waals surface area (Å²) in [7, 11) is 2.90. The van der Waals surface area contributed by atoms with Gasteiger partial charge in [-0.25, -0.2) is 9.13 Å². The van der Waals surface area contributed by atoms with E-state index in [1.807, 2.05) is 42.3 Å². The maximum Gasteiger partial charge on any atom is 0.472 e. The fraction of sp³-hybridized carbons (Fsp3) is 0.950. The molecule has 0 bridgehead atoms. The van der Waals surface area contributed by atoms with Gasteiger partial charge in [-0.3, -0.25) is 37.3 Å². The van der Waals surface area contributed by atoms with Crippen LogP contribution in [0.5, 0.6) is 0 Å². The number of quaternary nitrogens is 2. The predicted octanol–water partition coefficient (Wildman–Crippen LogP) is 22.2. The third-order valence-electron chi connectivity index (χ3n) is 18.6. The molecule has 0 saturated heterocycles. The van der Waals surface area contributed by atoms with Crippen LogP contribution in [0, 0.1) is 0 Å². The average Bonchev–Trinajstić information content (AvgIpc) is 0.942. The largest absolute Gasteiger partial charge is 0.472 e. The van der Waals surface area contributed by atoms with Crippen LogP contribution in [0.2, 0.25) is 0 Å². The zero-order chi connectivity index (χ0) is 74.5. The fourth-order valence-electron chi connectivity index (χ4n) is 12.0. The van der Waals surface area contributed by atoms with Crippen molar-refractivity contribution in [2.75, 3.05) is 107 Å². The molecule has 0 heterocycles. The first-order valence-corrected chi connectivity index (χ1v) is 45.8. The standard InChI is InChI=1S/C80H158N2O16P2S/c1-9-11-13-15-17-19-21-25-31-37-43-49-55-61-77(83)91-71-75(73-95-99(87,88)93-67-65-81(3,4)5)97-79(85)63-57-51-45-39-33-27-23-29-35-41-47-53-59-69-101-70-60-54-48-42-36-30-24-28-34-40-46-52-58-64-80(86)98-76(74-96-100(89,90)94-68-66-82(6,7)8)72-92-78(84)62-56-50-44-38-32-26-22-20-18-16-14-12-10-2/h75-76H,9-74H2,1-8H3/p+2/t75-,76+. The number of hydrogen-bond donors (Lipinski definition) is 2. The zero-order valence-electron chi connectivity index (χ0n) is 66.6. The molecule has 0 spiro atoms. The van der Waals surface area contributed by atoms with E-state index >= 15 is 0 Å². The molecular weight excluding hydrogens is 1340 g/mol. The lowest BCUT2D eigenvalue weighted by Crippen LogP contribution is -2.37. The number of phosphoric ester groups is 2. The third-order valence-corrected chi connectivity index (χ3v) is 21.8. The van der Waals surface area contributed by atoms with Gasteiger partial charge >= 0.3 is 39.5 Å². The van der Waals surface area contributed by atoms with Gasteiger partial charge in [-0.2, -0.15) is 11.8 Å². The Balaban J connectivity index is 4.06. The molecular formula is C80H160N2O16P2S+2. The molecule has 4 atom stereocenters. The van der Waals surface area contributed by atoms with Crippen LogP contribution in [0.3, 0.4) is 0 Å². The van der Waals surface area contributed by atoms with E-state index in [1.165, 1.54) is 255 Å². The van der Waals surface area contributed by atoms with Crippen LogP contribution in [0.15, 0.2) is 0 Å². The monoisotopic (exact) mass is 1500 g/mol. The van der Waals surface area contributed by atoms with Gasteiger partial charge in [-0.05, 0) is 50.0 Å². The molecule has 2 N–H and O–H groups in total. The number of hydrogen-bond acceptors (Lipinski definition) is 15. The minimum atomic E-state index is -4.40. The second-order valence-electron chi connectivity index (χ2n) is 31.1. The lowest BCUT2D eigenvalue weighted by Gasteiger charge is -2.24. The summed E-state index contributed by atoms with van der Waals surface area (Å²) in [4.78, 5) is 71.6. The molecule has 0 rings (SSSR count). The summed E-state index contributed by atoms with van der Waals surface area (Å²) < 4.78 is 69.3. The number of ether oxygens (including phenoxy) is 4. The second-order valence-corrected chi connectivity index (χ2v) is 35.2. The summed E-state index contributed by atoms with van der Waals surface area (Å²) in [6.45, 7) is 4.25. The van der Waals surface area contributed by atoms with E-state index in [1.54, 1.807) is 0 Å². The Bertz CT molecular complexity index is 1860. The van der Waals surface area contributed by atoms with E-state index in [0.29, 0.717) is 34.9 Å². The summed E-state index contributed by atoms with van der Waals surface area (Å²) in [5.41, 5.74) is 0. The van der Waals surface area contributed by atoms with Gasteiger partial charge in [0.25, 0.3) is 0 Å². The van der Waals surface area contributed by atoms with Crippen molar-refractivity contribution in [2.45, 2.75) is 386 Å². The molecule has 0 aliphatic rings. The number of carbonyl (C=O) groups excluding carboxylic acids is 4. The maximum atomic E-state index is 12.9. The first-order valence-electron chi connectivity index (χ1n) is 41.7. The van der Waals surface area contributed by atoms with Crippen molar-refractivity contribution in [3.8, 4) is 0 Å². The molecule has 0 aromatic heterocycles. The van der Waals surface area contributed by atoms with E-state index < -0.39 is 53.0 Å². The van der Waals surface area contributed by atoms with Crippen molar-refractivity contribution in [2.24, 2.45) is 0 Å². The highest BCUT2D eigenvalue weighted by Gasteiger charge is 2.29. The molecule has 600 valence electrons. The van der Waals surface area contributed by atoms with E-state index in [9.17, 15) is 38.1 Å². The summed E-state index contributed by atoms with van der Waals surface area (Å²) in [6.07, 6.45) is 61.7. The van der Waals surface area contributed by atoms with Crippen LogP contribution >= 0.6 is 27.4 Å². The molecule has 0 amide bonds. The SMILES string of the molecule is CCCCCCCCCCCCCCCC(=O)OC[C@H](COP(=O)(O)OCC[N+](C)(C)C)OC(=O)CCCCCCCCCCCCCCCSCCCCCCCCCCCCCCCC(=O)O[C@@H](COC(=O)CCCCCCCCCCCCCCC)COP(=O)(O)OCC[N+](C)(C)C. The summed E-state index contributed by atoms with van der Waals surface area (Å²) in [5, 5.41) is 0. The number of likely N-dealkylation sites (N-methyl/N-ethyl adjacent to an activating group) is 2. The molecule has 0 aromatic carbocycles. The first-order chi connectivity index (χ1) is 48.6.